The zero-order valence-corrected chi connectivity index (χ0v) is 15.2. The van der Waals surface area contributed by atoms with E-state index < -0.39 is 35.4 Å². The maximum Gasteiger partial charge on any atom is 0.312 e. The molecule has 144 valence electrons. The van der Waals surface area contributed by atoms with Crippen LogP contribution in [0.2, 0.25) is 0 Å². The standard InChI is InChI=1S/C18H23FO7/c1-10(20)23-8-14(21)12(17(22)26-18(2,3)4)5-11-6-13(19)16-15(7-11)24-9-25-16/h6-7,12,14,21H,5,8-9H2,1-4H3/t12-,14?/m0/s1. The number of hydrogen-bond acceptors (Lipinski definition) is 7. The number of benzene rings is 1. The van der Waals surface area contributed by atoms with Gasteiger partial charge in [-0.05, 0) is 44.9 Å². The average Bonchev–Trinajstić information content (AvgIpc) is 2.97. The predicted octanol–water partition coefficient (Wildman–Crippen LogP) is 1.98. The first-order chi connectivity index (χ1) is 12.1. The fraction of sp³-hybridized carbons (Fsp3) is 0.556. The maximum absolute atomic E-state index is 14.1. The monoisotopic (exact) mass is 370 g/mol. The Hall–Kier alpha value is -2.35. The molecule has 2 atom stereocenters. The summed E-state index contributed by atoms with van der Waals surface area (Å²) in [7, 11) is 0. The molecule has 2 rings (SSSR count). The van der Waals surface area contributed by atoms with Crippen LogP contribution in [0.1, 0.15) is 33.3 Å². The van der Waals surface area contributed by atoms with Gasteiger partial charge in [-0.15, -0.1) is 0 Å². The van der Waals surface area contributed by atoms with E-state index in [9.17, 15) is 19.1 Å². The summed E-state index contributed by atoms with van der Waals surface area (Å²) >= 11 is 0. The van der Waals surface area contributed by atoms with Crippen LogP contribution in [0.15, 0.2) is 12.1 Å². The van der Waals surface area contributed by atoms with Crippen molar-refractivity contribution in [2.75, 3.05) is 13.4 Å². The number of fused-ring (bicyclic) bond motifs is 1. The minimum absolute atomic E-state index is 0.0167. The van der Waals surface area contributed by atoms with Crippen molar-refractivity contribution in [2.45, 2.75) is 45.8 Å². The summed E-state index contributed by atoms with van der Waals surface area (Å²) < 4.78 is 34.4. The van der Waals surface area contributed by atoms with E-state index in [1.807, 2.05) is 0 Å². The van der Waals surface area contributed by atoms with Crippen LogP contribution in [0.4, 0.5) is 4.39 Å². The third-order valence-corrected chi connectivity index (χ3v) is 3.57. The molecule has 0 fully saturated rings. The molecule has 1 aromatic carbocycles. The van der Waals surface area contributed by atoms with Crippen molar-refractivity contribution in [3.63, 3.8) is 0 Å². The highest BCUT2D eigenvalue weighted by Gasteiger charge is 2.33. The second-order valence-corrected chi connectivity index (χ2v) is 7.03. The van der Waals surface area contributed by atoms with Crippen molar-refractivity contribution >= 4 is 11.9 Å². The number of halogens is 1. The van der Waals surface area contributed by atoms with E-state index in [4.69, 9.17) is 18.9 Å². The smallest absolute Gasteiger partial charge is 0.312 e. The summed E-state index contributed by atoms with van der Waals surface area (Å²) in [6, 6.07) is 2.75. The summed E-state index contributed by atoms with van der Waals surface area (Å²) in [6.07, 6.45) is -1.33. The van der Waals surface area contributed by atoms with Crippen LogP contribution in [0.3, 0.4) is 0 Å². The summed E-state index contributed by atoms with van der Waals surface area (Å²) in [5.41, 5.74) is -0.346. The fourth-order valence-corrected chi connectivity index (χ4v) is 2.47. The lowest BCUT2D eigenvalue weighted by molar-refractivity contribution is -0.167. The lowest BCUT2D eigenvalue weighted by Gasteiger charge is -2.26. The van der Waals surface area contributed by atoms with Crippen molar-refractivity contribution in [3.05, 3.63) is 23.5 Å². The molecule has 0 radical (unpaired) electrons. The molecular weight excluding hydrogens is 347 g/mol. The van der Waals surface area contributed by atoms with Crippen molar-refractivity contribution in [3.8, 4) is 11.5 Å². The van der Waals surface area contributed by atoms with E-state index >= 15 is 0 Å². The van der Waals surface area contributed by atoms with E-state index in [2.05, 4.69) is 0 Å². The van der Waals surface area contributed by atoms with Gasteiger partial charge in [0.05, 0.1) is 5.92 Å². The second kappa shape index (κ2) is 7.90. The number of rotatable bonds is 6. The van der Waals surface area contributed by atoms with Gasteiger partial charge in [0.15, 0.2) is 11.6 Å². The van der Waals surface area contributed by atoms with Crippen LogP contribution in [0, 0.1) is 11.7 Å². The molecule has 1 aliphatic heterocycles. The summed E-state index contributed by atoms with van der Waals surface area (Å²) in [5, 5.41) is 10.3. The first-order valence-corrected chi connectivity index (χ1v) is 8.19. The third-order valence-electron chi connectivity index (χ3n) is 3.57. The minimum Gasteiger partial charge on any atom is -0.463 e. The quantitative estimate of drug-likeness (QED) is 0.766. The van der Waals surface area contributed by atoms with Gasteiger partial charge < -0.3 is 24.1 Å². The van der Waals surface area contributed by atoms with Crippen LogP contribution in [-0.2, 0) is 25.5 Å². The number of esters is 2. The van der Waals surface area contributed by atoms with Crippen LogP contribution in [0.5, 0.6) is 11.5 Å². The van der Waals surface area contributed by atoms with Gasteiger partial charge in [0.1, 0.15) is 18.3 Å². The molecule has 1 N–H and O–H groups in total. The highest BCUT2D eigenvalue weighted by Crippen LogP contribution is 2.36. The molecule has 7 nitrogen and oxygen atoms in total. The lowest BCUT2D eigenvalue weighted by Crippen LogP contribution is -2.38. The Labute approximate surface area is 151 Å². The number of hydrogen-bond donors (Lipinski definition) is 1. The zero-order chi connectivity index (χ0) is 19.5. The first kappa shape index (κ1) is 20.0. The molecule has 0 aromatic heterocycles. The van der Waals surface area contributed by atoms with E-state index in [1.165, 1.54) is 13.0 Å². The van der Waals surface area contributed by atoms with Gasteiger partial charge in [0.25, 0.3) is 0 Å². The number of carbonyl (C=O) groups excluding carboxylic acids is 2. The molecule has 0 bridgehead atoms. The predicted molar refractivity (Wildman–Crippen MR) is 88.2 cm³/mol. The summed E-state index contributed by atoms with van der Waals surface area (Å²) in [6.45, 7) is 5.83. The Morgan fingerprint density at radius 3 is 2.62 bits per heavy atom. The van der Waals surface area contributed by atoms with Gasteiger partial charge in [-0.2, -0.15) is 0 Å². The lowest BCUT2D eigenvalue weighted by atomic mass is 9.93. The molecule has 0 saturated heterocycles. The minimum atomic E-state index is -1.30. The molecular formula is C18H23FO7. The Balaban J connectivity index is 2.21. The maximum atomic E-state index is 14.1. The van der Waals surface area contributed by atoms with Gasteiger partial charge >= 0.3 is 11.9 Å². The van der Waals surface area contributed by atoms with E-state index in [0.29, 0.717) is 5.56 Å². The Morgan fingerprint density at radius 1 is 1.31 bits per heavy atom. The van der Waals surface area contributed by atoms with Gasteiger partial charge in [-0.3, -0.25) is 9.59 Å². The Morgan fingerprint density at radius 2 is 2.00 bits per heavy atom. The van der Waals surface area contributed by atoms with E-state index in [0.717, 1.165) is 0 Å². The molecule has 1 aromatic rings. The number of carbonyl (C=O) groups is 2. The molecule has 0 aliphatic carbocycles. The average molecular weight is 370 g/mol. The van der Waals surface area contributed by atoms with Gasteiger partial charge in [0.2, 0.25) is 12.5 Å². The van der Waals surface area contributed by atoms with Crippen molar-refractivity contribution in [1.82, 2.24) is 0 Å². The summed E-state index contributed by atoms with van der Waals surface area (Å²) in [5.74, 6) is -2.67. The number of aliphatic hydroxyl groups is 1. The molecule has 0 amide bonds. The zero-order valence-electron chi connectivity index (χ0n) is 15.2. The molecule has 0 saturated carbocycles. The van der Waals surface area contributed by atoms with Crippen molar-refractivity contribution in [2.24, 2.45) is 5.92 Å². The Bertz CT molecular complexity index is 681. The fourth-order valence-electron chi connectivity index (χ4n) is 2.47. The van der Waals surface area contributed by atoms with Crippen molar-refractivity contribution in [1.29, 1.82) is 0 Å². The largest absolute Gasteiger partial charge is 0.463 e. The molecule has 8 heteroatoms. The van der Waals surface area contributed by atoms with Gasteiger partial charge in [-0.25, -0.2) is 4.39 Å². The SMILES string of the molecule is CC(=O)OCC(O)[C@H](Cc1cc(F)c2c(c1)OCO2)C(=O)OC(C)(C)C. The van der Waals surface area contributed by atoms with Gasteiger partial charge in [0, 0.05) is 6.92 Å². The number of ether oxygens (including phenoxy) is 4. The molecule has 1 unspecified atom stereocenters. The highest BCUT2D eigenvalue weighted by atomic mass is 19.1. The van der Waals surface area contributed by atoms with Crippen molar-refractivity contribution < 1.29 is 38.0 Å². The second-order valence-electron chi connectivity index (χ2n) is 7.03. The van der Waals surface area contributed by atoms with Crippen LogP contribution in [-0.4, -0.2) is 42.1 Å². The molecule has 26 heavy (non-hydrogen) atoms. The Kier molecular flexibility index (Phi) is 6.07. The molecule has 1 aliphatic rings. The van der Waals surface area contributed by atoms with Crippen LogP contribution >= 0.6 is 0 Å². The third kappa shape index (κ3) is 5.32. The topological polar surface area (TPSA) is 91.3 Å². The molecule has 0 spiro atoms. The first-order valence-electron chi connectivity index (χ1n) is 8.19. The van der Waals surface area contributed by atoms with E-state index in [1.54, 1.807) is 26.8 Å². The highest BCUT2D eigenvalue weighted by molar-refractivity contribution is 5.74. The van der Waals surface area contributed by atoms with E-state index in [-0.39, 0.29) is 31.3 Å². The summed E-state index contributed by atoms with van der Waals surface area (Å²) in [4.78, 5) is 23.5. The molecule has 1 heterocycles. The van der Waals surface area contributed by atoms with Crippen LogP contribution in [0.25, 0.3) is 0 Å². The normalized spacial score (nSPS) is 15.3. The number of aliphatic hydroxyl groups excluding tert-OH is 1. The van der Waals surface area contributed by atoms with Gasteiger partial charge in [-0.1, -0.05) is 0 Å². The van der Waals surface area contributed by atoms with Crippen LogP contribution < -0.4 is 9.47 Å².